The molecular formula is C13H15BrO. The van der Waals surface area contributed by atoms with Crippen LogP contribution in [0.1, 0.15) is 5.56 Å². The molecule has 0 fully saturated rings. The van der Waals surface area contributed by atoms with E-state index in [0.717, 1.165) is 0 Å². The van der Waals surface area contributed by atoms with Gasteiger partial charge < -0.3 is 5.11 Å². The van der Waals surface area contributed by atoms with Gasteiger partial charge in [-0.05, 0) is 19.1 Å². The van der Waals surface area contributed by atoms with E-state index in [0.29, 0.717) is 5.75 Å². The van der Waals surface area contributed by atoms with Crippen LogP contribution < -0.4 is 0 Å². The molecule has 80 valence electrons. The van der Waals surface area contributed by atoms with Crippen molar-refractivity contribution in [3.63, 3.8) is 0 Å². The molecule has 0 aliphatic heterocycles. The Balaban J connectivity index is 0.000000245. The lowest BCUT2D eigenvalue weighted by Gasteiger charge is -1.82. The number of phenolic OH excluding ortho intramolecular Hbond substituents is 1. The van der Waals surface area contributed by atoms with E-state index in [2.05, 4.69) is 19.1 Å². The molecular weight excluding hydrogens is 252 g/mol. The van der Waals surface area contributed by atoms with Crippen LogP contribution in [0.3, 0.4) is 0 Å². The first-order chi connectivity index (χ1) is 6.79. The summed E-state index contributed by atoms with van der Waals surface area (Å²) in [5.41, 5.74) is 1.32. The third-order valence-electron chi connectivity index (χ3n) is 1.70. The van der Waals surface area contributed by atoms with E-state index in [9.17, 15) is 0 Å². The van der Waals surface area contributed by atoms with E-state index >= 15 is 0 Å². The average molecular weight is 267 g/mol. The Bertz CT molecular complexity index is 308. The van der Waals surface area contributed by atoms with Crippen molar-refractivity contribution in [3.05, 3.63) is 66.2 Å². The highest BCUT2D eigenvalue weighted by molar-refractivity contribution is 8.93. The minimum atomic E-state index is 0. The quantitative estimate of drug-likeness (QED) is 0.765. The third-order valence-corrected chi connectivity index (χ3v) is 1.70. The first-order valence-electron chi connectivity index (χ1n) is 4.54. The predicted molar refractivity (Wildman–Crippen MR) is 69.6 cm³/mol. The molecule has 0 aliphatic carbocycles. The maximum atomic E-state index is 8.63. The minimum absolute atomic E-state index is 0. The van der Waals surface area contributed by atoms with Crippen molar-refractivity contribution in [1.82, 2.24) is 0 Å². The van der Waals surface area contributed by atoms with Crippen LogP contribution in [-0.4, -0.2) is 5.11 Å². The number of benzene rings is 2. The highest BCUT2D eigenvalue weighted by atomic mass is 79.9. The van der Waals surface area contributed by atoms with E-state index in [1.807, 2.05) is 24.3 Å². The summed E-state index contributed by atoms with van der Waals surface area (Å²) in [4.78, 5) is 0. The number of halogens is 1. The van der Waals surface area contributed by atoms with Gasteiger partial charge in [-0.2, -0.15) is 0 Å². The van der Waals surface area contributed by atoms with Crippen LogP contribution in [0.5, 0.6) is 5.75 Å². The number of aromatic hydroxyl groups is 1. The standard InChI is InChI=1S/C7H8.C6H6O.BrH/c1-7-5-3-2-4-6-7;7-6-4-2-1-3-5-6;/h2-6H,1H3;1-5,7H;1H. The molecule has 0 amide bonds. The number of aryl methyl sites for hydroxylation is 1. The van der Waals surface area contributed by atoms with Crippen LogP contribution in [0.25, 0.3) is 0 Å². The van der Waals surface area contributed by atoms with Crippen molar-refractivity contribution in [2.24, 2.45) is 0 Å². The fourth-order valence-corrected chi connectivity index (χ4v) is 0.962. The number of hydrogen-bond acceptors (Lipinski definition) is 1. The van der Waals surface area contributed by atoms with Gasteiger partial charge in [0.15, 0.2) is 0 Å². The van der Waals surface area contributed by atoms with Crippen molar-refractivity contribution in [2.75, 3.05) is 0 Å². The molecule has 0 spiro atoms. The monoisotopic (exact) mass is 266 g/mol. The molecule has 2 heteroatoms. The van der Waals surface area contributed by atoms with E-state index in [1.165, 1.54) is 5.56 Å². The Morgan fingerprint density at radius 3 is 1.33 bits per heavy atom. The smallest absolute Gasteiger partial charge is 0.115 e. The van der Waals surface area contributed by atoms with Gasteiger partial charge in [-0.3, -0.25) is 0 Å². The molecule has 0 heterocycles. The SMILES string of the molecule is Br.Cc1ccccc1.Oc1ccccc1. The highest BCUT2D eigenvalue weighted by Crippen LogP contribution is 2.02. The lowest BCUT2D eigenvalue weighted by atomic mass is 10.2. The normalized spacial score (nSPS) is 8.07. The fraction of sp³-hybridized carbons (Fsp3) is 0.0769. The summed E-state index contributed by atoms with van der Waals surface area (Å²) in [5, 5.41) is 8.63. The second kappa shape index (κ2) is 8.06. The van der Waals surface area contributed by atoms with Crippen molar-refractivity contribution in [1.29, 1.82) is 0 Å². The zero-order chi connectivity index (χ0) is 10.2. The zero-order valence-corrected chi connectivity index (χ0v) is 10.3. The Hall–Kier alpha value is -1.28. The summed E-state index contributed by atoms with van der Waals surface area (Å²) in [5.74, 6) is 0.322. The maximum Gasteiger partial charge on any atom is 0.115 e. The van der Waals surface area contributed by atoms with Gasteiger partial charge >= 0.3 is 0 Å². The molecule has 1 N–H and O–H groups in total. The van der Waals surface area contributed by atoms with Crippen LogP contribution in [-0.2, 0) is 0 Å². The summed E-state index contributed by atoms with van der Waals surface area (Å²) in [6, 6.07) is 19.0. The number of rotatable bonds is 0. The number of para-hydroxylation sites is 1. The zero-order valence-electron chi connectivity index (χ0n) is 8.63. The molecule has 2 rings (SSSR count). The second-order valence-electron chi connectivity index (χ2n) is 2.99. The van der Waals surface area contributed by atoms with Crippen LogP contribution in [0.15, 0.2) is 60.7 Å². The van der Waals surface area contributed by atoms with Gasteiger partial charge in [0.25, 0.3) is 0 Å². The molecule has 1 nitrogen and oxygen atoms in total. The van der Waals surface area contributed by atoms with Gasteiger partial charge in [-0.15, -0.1) is 17.0 Å². The Labute approximate surface area is 101 Å². The predicted octanol–water partition coefficient (Wildman–Crippen LogP) is 3.97. The summed E-state index contributed by atoms with van der Waals surface area (Å²) in [6.07, 6.45) is 0. The summed E-state index contributed by atoms with van der Waals surface area (Å²) < 4.78 is 0. The first-order valence-corrected chi connectivity index (χ1v) is 4.54. The van der Waals surface area contributed by atoms with Crippen LogP contribution in [0.2, 0.25) is 0 Å². The molecule has 2 aromatic carbocycles. The van der Waals surface area contributed by atoms with E-state index < -0.39 is 0 Å². The lowest BCUT2D eigenvalue weighted by Crippen LogP contribution is -1.62. The molecule has 0 unspecified atom stereocenters. The second-order valence-corrected chi connectivity index (χ2v) is 2.99. The minimum Gasteiger partial charge on any atom is -0.508 e. The van der Waals surface area contributed by atoms with Crippen molar-refractivity contribution in [2.45, 2.75) is 6.92 Å². The van der Waals surface area contributed by atoms with Gasteiger partial charge in [0.2, 0.25) is 0 Å². The summed E-state index contributed by atoms with van der Waals surface area (Å²) >= 11 is 0. The Kier molecular flexibility index (Phi) is 7.38. The van der Waals surface area contributed by atoms with E-state index in [4.69, 9.17) is 5.11 Å². The molecule has 15 heavy (non-hydrogen) atoms. The highest BCUT2D eigenvalue weighted by Gasteiger charge is 1.74. The fourth-order valence-electron chi connectivity index (χ4n) is 0.962. The van der Waals surface area contributed by atoms with Gasteiger partial charge in [-0.25, -0.2) is 0 Å². The van der Waals surface area contributed by atoms with Gasteiger partial charge in [-0.1, -0.05) is 54.1 Å². The molecule has 0 saturated carbocycles. The van der Waals surface area contributed by atoms with Crippen molar-refractivity contribution in [3.8, 4) is 5.75 Å². The average Bonchev–Trinajstić information content (AvgIpc) is 2.21. The van der Waals surface area contributed by atoms with E-state index in [1.54, 1.807) is 24.3 Å². The van der Waals surface area contributed by atoms with Crippen LogP contribution >= 0.6 is 17.0 Å². The Morgan fingerprint density at radius 2 is 1.13 bits per heavy atom. The number of hydrogen-bond donors (Lipinski definition) is 1. The molecule has 0 radical (unpaired) electrons. The summed E-state index contributed by atoms with van der Waals surface area (Å²) in [6.45, 7) is 2.08. The van der Waals surface area contributed by atoms with Crippen molar-refractivity contribution >= 4 is 17.0 Å². The van der Waals surface area contributed by atoms with Gasteiger partial charge in [0, 0.05) is 0 Å². The lowest BCUT2D eigenvalue weighted by molar-refractivity contribution is 0.475. The molecule has 0 atom stereocenters. The molecule has 0 saturated heterocycles. The van der Waals surface area contributed by atoms with Crippen LogP contribution in [0.4, 0.5) is 0 Å². The molecule has 0 bridgehead atoms. The maximum absolute atomic E-state index is 8.63. The van der Waals surface area contributed by atoms with Gasteiger partial charge in [0.1, 0.15) is 5.75 Å². The largest absolute Gasteiger partial charge is 0.508 e. The topological polar surface area (TPSA) is 20.2 Å². The first kappa shape index (κ1) is 13.7. The molecule has 2 aromatic rings. The Morgan fingerprint density at radius 1 is 0.733 bits per heavy atom. The molecule has 0 aliphatic rings. The third kappa shape index (κ3) is 6.75. The van der Waals surface area contributed by atoms with Crippen LogP contribution in [0, 0.1) is 6.92 Å². The van der Waals surface area contributed by atoms with Crippen molar-refractivity contribution < 1.29 is 5.11 Å². The van der Waals surface area contributed by atoms with Gasteiger partial charge in [0.05, 0.1) is 0 Å². The molecule has 0 aromatic heterocycles. The number of phenols is 1. The summed E-state index contributed by atoms with van der Waals surface area (Å²) in [7, 11) is 0. The van der Waals surface area contributed by atoms with E-state index in [-0.39, 0.29) is 17.0 Å².